The van der Waals surface area contributed by atoms with Gasteiger partial charge in [-0.1, -0.05) is 60.7 Å². The summed E-state index contributed by atoms with van der Waals surface area (Å²) >= 11 is 0. The van der Waals surface area contributed by atoms with E-state index in [1.165, 1.54) is 12.1 Å². The largest absolute Gasteiger partial charge is 0.506 e. The zero-order chi connectivity index (χ0) is 31.6. The summed E-state index contributed by atoms with van der Waals surface area (Å²) in [7, 11) is 0. The van der Waals surface area contributed by atoms with Crippen LogP contribution in [-0.2, 0) is 13.0 Å². The Morgan fingerprint density at radius 3 is 2.42 bits per heavy atom. The third kappa shape index (κ3) is 8.50. The van der Waals surface area contributed by atoms with Gasteiger partial charge in [-0.15, -0.1) is 0 Å². The second-order valence-corrected chi connectivity index (χ2v) is 10.9. The molecule has 1 atom stereocenters. The summed E-state index contributed by atoms with van der Waals surface area (Å²) in [5, 5.41) is 36.5. The lowest BCUT2D eigenvalue weighted by atomic mass is 9.99. The van der Waals surface area contributed by atoms with Crippen LogP contribution in [0.2, 0.25) is 0 Å². The number of carbonyl (C=O) groups is 1. The van der Waals surface area contributed by atoms with Gasteiger partial charge in [0.2, 0.25) is 5.56 Å². The van der Waals surface area contributed by atoms with Crippen LogP contribution in [0.4, 0.5) is 10.5 Å². The molecule has 1 aromatic heterocycles. The molecule has 232 valence electrons. The van der Waals surface area contributed by atoms with Gasteiger partial charge in [0.05, 0.1) is 23.9 Å². The Hall–Kier alpha value is -5.12. The van der Waals surface area contributed by atoms with Crippen molar-refractivity contribution in [3.05, 3.63) is 124 Å². The Kier molecular flexibility index (Phi) is 10.5. The number of pyridine rings is 1. The van der Waals surface area contributed by atoms with Crippen molar-refractivity contribution in [2.45, 2.75) is 38.3 Å². The zero-order valence-electron chi connectivity index (χ0n) is 24.8. The first-order valence-electron chi connectivity index (χ1n) is 15.0. The van der Waals surface area contributed by atoms with Crippen LogP contribution < -0.4 is 20.9 Å². The number of rotatable bonds is 14. The maximum atomic E-state index is 11.6. The number of H-pyrrole nitrogens is 1. The number of aromatic hydroxyl groups is 1. The van der Waals surface area contributed by atoms with Gasteiger partial charge in [0.25, 0.3) is 0 Å². The highest BCUT2D eigenvalue weighted by Gasteiger charge is 2.14. The number of hydrogen-bond acceptors (Lipinski definition) is 6. The number of aliphatic hydroxyl groups is 1. The van der Waals surface area contributed by atoms with E-state index in [1.54, 1.807) is 12.1 Å². The van der Waals surface area contributed by atoms with Crippen LogP contribution in [0.15, 0.2) is 102 Å². The molecule has 0 saturated carbocycles. The molecule has 0 bridgehead atoms. The molecule has 1 amide bonds. The third-order valence-corrected chi connectivity index (χ3v) is 7.64. The lowest BCUT2D eigenvalue weighted by molar-refractivity contribution is 0.176. The van der Waals surface area contributed by atoms with Gasteiger partial charge in [0.15, 0.2) is 0 Å². The van der Waals surface area contributed by atoms with E-state index < -0.39 is 12.2 Å². The quantitative estimate of drug-likeness (QED) is 0.0780. The number of unbranched alkanes of at least 4 members (excludes halogenated alkanes) is 2. The SMILES string of the molecule is O=C(O)Nc1cc(CCCCCOc2ccc(CNC[C@H](O)c3ccc(O)c4[nH]c(=O)ccc34)cc2)ccc1-c1ccccc1. The average Bonchev–Trinajstić information content (AvgIpc) is 3.04. The number of nitrogens with one attached hydrogen (secondary N) is 3. The van der Waals surface area contributed by atoms with Crippen molar-refractivity contribution in [2.24, 2.45) is 0 Å². The molecule has 0 aliphatic heterocycles. The smallest absolute Gasteiger partial charge is 0.409 e. The highest BCUT2D eigenvalue weighted by Crippen LogP contribution is 2.30. The van der Waals surface area contributed by atoms with Crippen LogP contribution in [0.1, 0.15) is 42.1 Å². The molecule has 0 fully saturated rings. The molecule has 0 aliphatic rings. The van der Waals surface area contributed by atoms with Crippen molar-refractivity contribution in [3.8, 4) is 22.6 Å². The highest BCUT2D eigenvalue weighted by atomic mass is 16.5. The van der Waals surface area contributed by atoms with Crippen LogP contribution >= 0.6 is 0 Å². The maximum absolute atomic E-state index is 11.6. The van der Waals surface area contributed by atoms with E-state index in [4.69, 9.17) is 4.74 Å². The van der Waals surface area contributed by atoms with E-state index in [2.05, 4.69) is 21.7 Å². The van der Waals surface area contributed by atoms with E-state index in [9.17, 15) is 24.9 Å². The Labute approximate surface area is 261 Å². The Morgan fingerprint density at radius 2 is 1.64 bits per heavy atom. The van der Waals surface area contributed by atoms with Gasteiger partial charge >= 0.3 is 6.09 Å². The summed E-state index contributed by atoms with van der Waals surface area (Å²) in [6.45, 7) is 1.46. The first-order chi connectivity index (χ1) is 21.9. The fourth-order valence-electron chi connectivity index (χ4n) is 5.35. The molecule has 0 spiro atoms. The topological polar surface area (TPSA) is 144 Å². The number of aryl methyl sites for hydroxylation is 1. The lowest BCUT2D eigenvalue weighted by Gasteiger charge is -2.15. The number of hydrogen-bond donors (Lipinski definition) is 6. The van der Waals surface area contributed by atoms with Crippen molar-refractivity contribution in [1.29, 1.82) is 0 Å². The molecule has 4 aromatic carbocycles. The van der Waals surface area contributed by atoms with Crippen LogP contribution in [0.25, 0.3) is 22.0 Å². The average molecular weight is 608 g/mol. The molecule has 5 rings (SSSR count). The molecule has 0 radical (unpaired) electrons. The first-order valence-corrected chi connectivity index (χ1v) is 15.0. The molecule has 9 nitrogen and oxygen atoms in total. The molecule has 0 aliphatic carbocycles. The predicted octanol–water partition coefficient (Wildman–Crippen LogP) is 6.61. The van der Waals surface area contributed by atoms with E-state index in [-0.39, 0.29) is 11.3 Å². The van der Waals surface area contributed by atoms with Crippen LogP contribution in [0.5, 0.6) is 11.5 Å². The standard InChI is InChI=1S/C36H37N3O6/c40-32-18-16-29(30-17-19-34(42)39-35(30)32)33(41)23-37-22-25-10-13-27(14-11-25)45-20-6-2-3-7-24-12-15-28(26-8-4-1-5-9-26)31(21-24)38-36(43)44/h1,4-5,8-19,21,33,37-38,40-41H,2-3,6-7,20,22-23H2,(H,39,42)(H,43,44)/t33-/m0/s1. The minimum atomic E-state index is -1.08. The van der Waals surface area contributed by atoms with Gasteiger partial charge in [-0.05, 0) is 78.3 Å². The highest BCUT2D eigenvalue weighted by molar-refractivity contribution is 5.91. The lowest BCUT2D eigenvalue weighted by Crippen LogP contribution is -2.21. The minimum Gasteiger partial charge on any atom is -0.506 e. The van der Waals surface area contributed by atoms with Crippen molar-refractivity contribution >= 4 is 22.7 Å². The van der Waals surface area contributed by atoms with Crippen molar-refractivity contribution in [1.82, 2.24) is 10.3 Å². The van der Waals surface area contributed by atoms with Gasteiger partial charge in [-0.25, -0.2) is 4.79 Å². The summed E-state index contributed by atoms with van der Waals surface area (Å²) in [5.74, 6) is 0.758. The van der Waals surface area contributed by atoms with Gasteiger partial charge < -0.3 is 30.4 Å². The summed E-state index contributed by atoms with van der Waals surface area (Å²) in [6, 6.07) is 29.6. The van der Waals surface area contributed by atoms with Gasteiger partial charge in [-0.2, -0.15) is 0 Å². The predicted molar refractivity (Wildman–Crippen MR) is 176 cm³/mol. The zero-order valence-corrected chi connectivity index (χ0v) is 24.8. The van der Waals surface area contributed by atoms with Gasteiger partial charge in [0.1, 0.15) is 11.5 Å². The van der Waals surface area contributed by atoms with Gasteiger partial charge in [0, 0.05) is 30.1 Å². The summed E-state index contributed by atoms with van der Waals surface area (Å²) < 4.78 is 5.92. The Morgan fingerprint density at radius 1 is 0.867 bits per heavy atom. The second-order valence-electron chi connectivity index (χ2n) is 10.9. The van der Waals surface area contributed by atoms with Crippen molar-refractivity contribution < 1.29 is 24.9 Å². The number of carboxylic acid groups (broad SMARTS) is 1. The number of aromatic nitrogens is 1. The molecule has 5 aromatic rings. The number of phenols is 1. The van der Waals surface area contributed by atoms with Crippen LogP contribution in [0, 0.1) is 0 Å². The van der Waals surface area contributed by atoms with Crippen molar-refractivity contribution in [3.63, 3.8) is 0 Å². The van der Waals surface area contributed by atoms with Crippen LogP contribution in [-0.4, -0.2) is 39.5 Å². The number of amides is 1. The molecule has 1 heterocycles. The number of benzene rings is 4. The van der Waals surface area contributed by atoms with Crippen molar-refractivity contribution in [2.75, 3.05) is 18.5 Å². The monoisotopic (exact) mass is 607 g/mol. The normalized spacial score (nSPS) is 11.8. The number of aromatic amines is 1. The molecule has 6 N–H and O–H groups in total. The summed E-state index contributed by atoms with van der Waals surface area (Å²) in [4.78, 5) is 25.6. The molecule has 0 saturated heterocycles. The van der Waals surface area contributed by atoms with Crippen LogP contribution in [0.3, 0.4) is 0 Å². The third-order valence-electron chi connectivity index (χ3n) is 7.64. The second kappa shape index (κ2) is 15.1. The molecule has 0 unspecified atom stereocenters. The number of phenolic OH excluding ortho intramolecular Hbond substituents is 1. The summed E-state index contributed by atoms with van der Waals surface area (Å²) in [6.07, 6.45) is 1.81. The fraction of sp³-hybridized carbons (Fsp3) is 0.222. The number of anilines is 1. The van der Waals surface area contributed by atoms with Gasteiger partial charge in [-0.3, -0.25) is 10.1 Å². The maximum Gasteiger partial charge on any atom is 0.409 e. The van der Waals surface area contributed by atoms with E-state index in [0.29, 0.717) is 41.9 Å². The van der Waals surface area contributed by atoms with E-state index in [1.807, 2.05) is 66.7 Å². The Bertz CT molecular complexity index is 1790. The van der Waals surface area contributed by atoms with E-state index >= 15 is 0 Å². The summed E-state index contributed by atoms with van der Waals surface area (Å²) in [5.41, 5.74) is 5.17. The number of aliphatic hydroxyl groups excluding tert-OH is 1. The molecular formula is C36H37N3O6. The Balaban J connectivity index is 1.03. The van der Waals surface area contributed by atoms with E-state index in [0.717, 1.165) is 53.7 Å². The minimum absolute atomic E-state index is 0.0373. The molecule has 45 heavy (non-hydrogen) atoms. The number of ether oxygens (including phenoxy) is 1. The fourth-order valence-corrected chi connectivity index (χ4v) is 5.35. The number of fused-ring (bicyclic) bond motifs is 1. The molecular weight excluding hydrogens is 570 g/mol. The molecule has 9 heteroatoms. The first kappa shape index (κ1) is 31.3.